The van der Waals surface area contributed by atoms with Crippen molar-refractivity contribution in [3.8, 4) is 0 Å². The van der Waals surface area contributed by atoms with Gasteiger partial charge in [-0.05, 0) is 43.0 Å². The van der Waals surface area contributed by atoms with E-state index in [1.807, 2.05) is 0 Å². The molecule has 0 aromatic heterocycles. The summed E-state index contributed by atoms with van der Waals surface area (Å²) in [6.07, 6.45) is -4.95. The number of likely N-dealkylation sites (N-methyl/N-ethyl adjacent to an activating group) is 1. The number of alkyl halides is 3. The van der Waals surface area contributed by atoms with E-state index in [0.29, 0.717) is 11.1 Å². The number of hydrogen-bond donors (Lipinski definition) is 4. The minimum absolute atomic E-state index is 0.0352. The normalized spacial score (nSPS) is 22.8. The molecule has 1 aliphatic heterocycles. The molecule has 0 unspecified atom stereocenters. The Balaban J connectivity index is 1.83. The van der Waals surface area contributed by atoms with Gasteiger partial charge in [-0.15, -0.1) is 0 Å². The SMILES string of the molecule is CC(C)[C@H]1NC(=O)[C@H](C)N(C)C(=O)[C@H](Cc2ccccc2)NC(=O)CN(C(=O)c2ccccc2C(F)(F)F)C[C@@H](c2ccccc2)NC(=O)[C@H](C)NC1=O. The molecule has 0 spiro atoms. The van der Waals surface area contributed by atoms with E-state index in [-0.39, 0.29) is 6.42 Å². The molecule has 0 radical (unpaired) electrons. The summed E-state index contributed by atoms with van der Waals surface area (Å²) in [6.45, 7) is 4.95. The molecule has 0 bridgehead atoms. The van der Waals surface area contributed by atoms with Crippen LogP contribution in [-0.2, 0) is 36.6 Å². The van der Waals surface area contributed by atoms with Gasteiger partial charge in [0.15, 0.2) is 0 Å². The largest absolute Gasteiger partial charge is 0.417 e. The van der Waals surface area contributed by atoms with Gasteiger partial charge in [-0.3, -0.25) is 28.8 Å². The summed E-state index contributed by atoms with van der Waals surface area (Å²) in [5, 5.41) is 10.7. The Morgan fingerprint density at radius 1 is 0.778 bits per heavy atom. The van der Waals surface area contributed by atoms with Gasteiger partial charge in [0.25, 0.3) is 5.91 Å². The number of nitrogens with one attached hydrogen (secondary N) is 4. The molecule has 1 aliphatic rings. The van der Waals surface area contributed by atoms with Crippen LogP contribution in [0.1, 0.15) is 60.8 Å². The molecular formula is C39H45F3N6O6. The Labute approximate surface area is 311 Å². The van der Waals surface area contributed by atoms with Gasteiger partial charge in [0, 0.05) is 20.0 Å². The monoisotopic (exact) mass is 750 g/mol. The molecule has 1 heterocycles. The number of carbonyl (C=O) groups excluding carboxylic acids is 6. The van der Waals surface area contributed by atoms with Crippen LogP contribution in [0.15, 0.2) is 84.9 Å². The van der Waals surface area contributed by atoms with Crippen molar-refractivity contribution in [2.24, 2.45) is 5.92 Å². The third-order valence-electron chi connectivity index (χ3n) is 9.23. The highest BCUT2D eigenvalue weighted by Crippen LogP contribution is 2.32. The molecule has 0 aliphatic carbocycles. The highest BCUT2D eigenvalue weighted by Gasteiger charge is 2.38. The molecule has 1 saturated heterocycles. The van der Waals surface area contributed by atoms with Gasteiger partial charge >= 0.3 is 6.18 Å². The Kier molecular flexibility index (Phi) is 13.6. The molecule has 288 valence electrons. The molecule has 4 rings (SSSR count). The lowest BCUT2D eigenvalue weighted by atomic mass is 10.0. The molecule has 15 heteroatoms. The highest BCUT2D eigenvalue weighted by atomic mass is 19.4. The second-order valence-corrected chi connectivity index (χ2v) is 13.6. The van der Waals surface area contributed by atoms with Crippen molar-refractivity contribution in [1.29, 1.82) is 0 Å². The predicted molar refractivity (Wildman–Crippen MR) is 193 cm³/mol. The zero-order valence-electron chi connectivity index (χ0n) is 30.6. The average Bonchev–Trinajstić information content (AvgIpc) is 3.14. The summed E-state index contributed by atoms with van der Waals surface area (Å²) in [4.78, 5) is 84.6. The number of rotatable bonds is 5. The van der Waals surface area contributed by atoms with Crippen LogP contribution in [-0.4, -0.2) is 89.5 Å². The van der Waals surface area contributed by atoms with Gasteiger partial charge in [0.1, 0.15) is 24.2 Å². The van der Waals surface area contributed by atoms with Crippen molar-refractivity contribution in [3.05, 3.63) is 107 Å². The minimum atomic E-state index is -4.92. The molecule has 54 heavy (non-hydrogen) atoms. The summed E-state index contributed by atoms with van der Waals surface area (Å²) < 4.78 is 42.5. The van der Waals surface area contributed by atoms with Crippen LogP contribution >= 0.6 is 0 Å². The Morgan fingerprint density at radius 3 is 1.98 bits per heavy atom. The predicted octanol–water partition coefficient (Wildman–Crippen LogP) is 3.24. The third-order valence-corrected chi connectivity index (χ3v) is 9.23. The second-order valence-electron chi connectivity index (χ2n) is 13.6. The first kappa shape index (κ1) is 41.0. The number of halogens is 3. The Hall–Kier alpha value is -5.73. The zero-order valence-corrected chi connectivity index (χ0v) is 30.6. The summed E-state index contributed by atoms with van der Waals surface area (Å²) in [5.41, 5.74) is -0.860. The van der Waals surface area contributed by atoms with E-state index in [9.17, 15) is 41.9 Å². The van der Waals surface area contributed by atoms with E-state index in [2.05, 4.69) is 21.3 Å². The first-order valence-electron chi connectivity index (χ1n) is 17.5. The van der Waals surface area contributed by atoms with Gasteiger partial charge in [0.05, 0.1) is 23.7 Å². The molecule has 6 amide bonds. The van der Waals surface area contributed by atoms with E-state index in [0.717, 1.165) is 28.0 Å². The van der Waals surface area contributed by atoms with Crippen LogP contribution < -0.4 is 21.3 Å². The fourth-order valence-corrected chi connectivity index (χ4v) is 6.00. The van der Waals surface area contributed by atoms with Crippen molar-refractivity contribution < 1.29 is 41.9 Å². The molecule has 3 aromatic rings. The number of benzene rings is 3. The zero-order chi connectivity index (χ0) is 39.7. The summed E-state index contributed by atoms with van der Waals surface area (Å²) in [5.74, 6) is -5.21. The second kappa shape index (κ2) is 17.9. The average molecular weight is 751 g/mol. The first-order chi connectivity index (χ1) is 25.5. The van der Waals surface area contributed by atoms with Crippen LogP contribution in [0.5, 0.6) is 0 Å². The summed E-state index contributed by atoms with van der Waals surface area (Å²) >= 11 is 0. The Morgan fingerprint density at radius 2 is 1.37 bits per heavy atom. The highest BCUT2D eigenvalue weighted by molar-refractivity contribution is 5.99. The minimum Gasteiger partial charge on any atom is -0.346 e. The van der Waals surface area contributed by atoms with Crippen LogP contribution in [0.3, 0.4) is 0 Å². The molecule has 5 atom stereocenters. The van der Waals surface area contributed by atoms with Gasteiger partial charge in [0.2, 0.25) is 29.5 Å². The maximum Gasteiger partial charge on any atom is 0.417 e. The lowest BCUT2D eigenvalue weighted by molar-refractivity contribution is -0.142. The van der Waals surface area contributed by atoms with E-state index in [1.54, 1.807) is 74.5 Å². The van der Waals surface area contributed by atoms with Crippen LogP contribution in [0.25, 0.3) is 0 Å². The standard InChI is InChI=1S/C39H45F3N6O6/c1-23(2)33-36(52)43-24(3)34(50)45-31(27-16-10-7-11-17-27)21-48(37(53)28-18-12-13-19-29(28)39(40,41)42)22-32(49)44-30(20-26-14-8-6-9-15-26)38(54)47(5)25(4)35(51)46-33/h6-19,23-25,30-31,33H,20-22H2,1-5H3,(H,43,52)(H,44,49)(H,45,50)(H,46,51)/t24-,25-,30-,31-,33+/m0/s1. The lowest BCUT2D eigenvalue weighted by Crippen LogP contribution is -2.59. The fraction of sp³-hybridized carbons (Fsp3) is 0.385. The fourth-order valence-electron chi connectivity index (χ4n) is 6.00. The lowest BCUT2D eigenvalue weighted by Gasteiger charge is -2.33. The van der Waals surface area contributed by atoms with E-state index in [4.69, 9.17) is 0 Å². The quantitative estimate of drug-likeness (QED) is 0.314. The maximum atomic E-state index is 14.2. The van der Waals surface area contributed by atoms with Crippen molar-refractivity contribution in [3.63, 3.8) is 0 Å². The van der Waals surface area contributed by atoms with Crippen molar-refractivity contribution in [2.45, 2.75) is 70.5 Å². The first-order valence-corrected chi connectivity index (χ1v) is 17.5. The van der Waals surface area contributed by atoms with Crippen LogP contribution in [0.4, 0.5) is 13.2 Å². The van der Waals surface area contributed by atoms with Crippen LogP contribution in [0.2, 0.25) is 0 Å². The molecule has 1 fully saturated rings. The Bertz CT molecular complexity index is 1820. The molecule has 3 aromatic carbocycles. The van der Waals surface area contributed by atoms with Crippen molar-refractivity contribution >= 4 is 35.4 Å². The van der Waals surface area contributed by atoms with Crippen molar-refractivity contribution in [2.75, 3.05) is 20.1 Å². The smallest absolute Gasteiger partial charge is 0.346 e. The maximum absolute atomic E-state index is 14.2. The molecular weight excluding hydrogens is 705 g/mol. The van der Waals surface area contributed by atoms with E-state index in [1.165, 1.54) is 27.0 Å². The van der Waals surface area contributed by atoms with Gasteiger partial charge < -0.3 is 31.1 Å². The number of amides is 6. The van der Waals surface area contributed by atoms with Gasteiger partial charge in [-0.2, -0.15) is 13.2 Å². The van der Waals surface area contributed by atoms with Crippen molar-refractivity contribution in [1.82, 2.24) is 31.1 Å². The van der Waals surface area contributed by atoms with E-state index >= 15 is 0 Å². The molecule has 0 saturated carbocycles. The van der Waals surface area contributed by atoms with Crippen LogP contribution in [0, 0.1) is 5.92 Å². The van der Waals surface area contributed by atoms with Gasteiger partial charge in [-0.25, -0.2) is 0 Å². The molecule has 4 N–H and O–H groups in total. The summed E-state index contributed by atoms with van der Waals surface area (Å²) in [7, 11) is 1.36. The number of nitrogens with zero attached hydrogens (tertiary/aromatic N) is 2. The van der Waals surface area contributed by atoms with Gasteiger partial charge in [-0.1, -0.05) is 86.6 Å². The topological polar surface area (TPSA) is 157 Å². The van der Waals surface area contributed by atoms with E-state index < -0.39 is 102 Å². The third kappa shape index (κ3) is 10.4. The summed E-state index contributed by atoms with van der Waals surface area (Å²) in [6, 6.07) is 15.3. The number of hydrogen-bond acceptors (Lipinski definition) is 6. The number of carbonyl (C=O) groups is 6. The molecule has 12 nitrogen and oxygen atoms in total.